The van der Waals surface area contributed by atoms with E-state index in [2.05, 4.69) is 11.3 Å². The first-order valence-corrected chi connectivity index (χ1v) is 2.97. The molecule has 0 aliphatic carbocycles. The fraction of sp³-hybridized carbons (Fsp3) is 0.571. The molecule has 0 spiro atoms. The van der Waals surface area contributed by atoms with E-state index in [1.54, 1.807) is 13.8 Å². The minimum atomic E-state index is -0.825. The molecular weight excluding hydrogens is 132 g/mol. The Balaban J connectivity index is 4.03. The van der Waals surface area contributed by atoms with Crippen LogP contribution in [-0.4, -0.2) is 17.7 Å². The Morgan fingerprint density at radius 1 is 1.80 bits per heavy atom. The highest BCUT2D eigenvalue weighted by molar-refractivity contribution is 5.76. The van der Waals surface area contributed by atoms with Crippen molar-refractivity contribution in [1.29, 1.82) is 0 Å². The highest BCUT2D eigenvalue weighted by Gasteiger charge is 2.27. The molecule has 0 aromatic rings. The van der Waals surface area contributed by atoms with Gasteiger partial charge < -0.3 is 9.84 Å². The van der Waals surface area contributed by atoms with Crippen molar-refractivity contribution in [1.82, 2.24) is 0 Å². The molecule has 0 unspecified atom stereocenters. The monoisotopic (exact) mass is 144 g/mol. The maximum absolute atomic E-state index is 10.8. The van der Waals surface area contributed by atoms with Gasteiger partial charge in [0.05, 0.1) is 18.3 Å². The van der Waals surface area contributed by atoms with Crippen LogP contribution in [0.2, 0.25) is 0 Å². The summed E-state index contributed by atoms with van der Waals surface area (Å²) in [6.45, 7) is 6.19. The number of esters is 1. The lowest BCUT2D eigenvalue weighted by Gasteiger charge is -2.17. The van der Waals surface area contributed by atoms with Gasteiger partial charge in [-0.25, -0.2) is 0 Å². The average Bonchev–Trinajstić information content (AvgIpc) is 1.89. The molecule has 0 aliphatic heterocycles. The van der Waals surface area contributed by atoms with Gasteiger partial charge >= 0.3 is 5.97 Å². The largest absolute Gasteiger partial charge is 0.435 e. The summed E-state index contributed by atoms with van der Waals surface area (Å²) in [5.74, 6) is -0.468. The predicted octanol–water partition coefficient (Wildman–Crippen LogP) is 0.692. The molecule has 0 bridgehead atoms. The van der Waals surface area contributed by atoms with E-state index in [9.17, 15) is 4.79 Å². The first kappa shape index (κ1) is 9.17. The number of ether oxygens (including phenoxy) is 1. The Hall–Kier alpha value is -0.830. The Morgan fingerprint density at radius 2 is 2.30 bits per heavy atom. The SMILES string of the molecule is C=COC(=O)C(C)(C)CO. The summed E-state index contributed by atoms with van der Waals surface area (Å²) in [6.07, 6.45) is 1.06. The molecule has 0 fully saturated rings. The van der Waals surface area contributed by atoms with Gasteiger partial charge in [-0.3, -0.25) is 4.79 Å². The van der Waals surface area contributed by atoms with Crippen LogP contribution in [0.25, 0.3) is 0 Å². The van der Waals surface area contributed by atoms with Crippen molar-refractivity contribution in [2.45, 2.75) is 13.8 Å². The maximum atomic E-state index is 10.8. The van der Waals surface area contributed by atoms with Crippen molar-refractivity contribution in [3.8, 4) is 0 Å². The molecule has 1 N–H and O–H groups in total. The second kappa shape index (κ2) is 3.37. The molecule has 0 amide bonds. The van der Waals surface area contributed by atoms with E-state index in [-0.39, 0.29) is 6.61 Å². The van der Waals surface area contributed by atoms with Gasteiger partial charge in [-0.2, -0.15) is 0 Å². The molecule has 0 aliphatic rings. The highest BCUT2D eigenvalue weighted by atomic mass is 16.5. The maximum Gasteiger partial charge on any atom is 0.318 e. The van der Waals surface area contributed by atoms with Crippen LogP contribution in [0.15, 0.2) is 12.8 Å². The summed E-state index contributed by atoms with van der Waals surface area (Å²) in [7, 11) is 0. The Morgan fingerprint density at radius 3 is 2.60 bits per heavy atom. The molecule has 0 atom stereocenters. The lowest BCUT2D eigenvalue weighted by molar-refractivity contribution is -0.149. The third kappa shape index (κ3) is 2.19. The van der Waals surface area contributed by atoms with Gasteiger partial charge in [0, 0.05) is 0 Å². The Bertz CT molecular complexity index is 138. The van der Waals surface area contributed by atoms with E-state index < -0.39 is 11.4 Å². The summed E-state index contributed by atoms with van der Waals surface area (Å²) >= 11 is 0. The van der Waals surface area contributed by atoms with E-state index in [0.717, 1.165) is 6.26 Å². The molecular formula is C7H12O3. The fourth-order valence-electron chi connectivity index (χ4n) is 0.300. The average molecular weight is 144 g/mol. The number of hydrogen-bond donors (Lipinski definition) is 1. The molecule has 0 rings (SSSR count). The lowest BCUT2D eigenvalue weighted by atomic mass is 9.95. The molecule has 0 radical (unpaired) electrons. The molecule has 3 nitrogen and oxygen atoms in total. The third-order valence-electron chi connectivity index (χ3n) is 1.14. The van der Waals surface area contributed by atoms with E-state index in [0.29, 0.717) is 0 Å². The van der Waals surface area contributed by atoms with Crippen molar-refractivity contribution < 1.29 is 14.6 Å². The van der Waals surface area contributed by atoms with Gasteiger partial charge in [0.15, 0.2) is 0 Å². The van der Waals surface area contributed by atoms with E-state index in [1.165, 1.54) is 0 Å². The van der Waals surface area contributed by atoms with Gasteiger partial charge in [0.25, 0.3) is 0 Å². The van der Waals surface area contributed by atoms with Gasteiger partial charge in [-0.05, 0) is 13.8 Å². The minimum Gasteiger partial charge on any atom is -0.435 e. The van der Waals surface area contributed by atoms with Crippen LogP contribution >= 0.6 is 0 Å². The molecule has 0 saturated heterocycles. The quantitative estimate of drug-likeness (QED) is 0.468. The van der Waals surface area contributed by atoms with E-state index in [4.69, 9.17) is 5.11 Å². The molecule has 10 heavy (non-hydrogen) atoms. The zero-order chi connectivity index (χ0) is 8.20. The molecule has 0 heterocycles. The predicted molar refractivity (Wildman–Crippen MR) is 37.2 cm³/mol. The molecule has 0 aromatic carbocycles. The highest BCUT2D eigenvalue weighted by Crippen LogP contribution is 2.15. The smallest absolute Gasteiger partial charge is 0.318 e. The van der Waals surface area contributed by atoms with Crippen LogP contribution in [0, 0.1) is 5.41 Å². The van der Waals surface area contributed by atoms with E-state index >= 15 is 0 Å². The minimum absolute atomic E-state index is 0.223. The Labute approximate surface area is 60.3 Å². The van der Waals surface area contributed by atoms with Crippen molar-refractivity contribution in [2.24, 2.45) is 5.41 Å². The van der Waals surface area contributed by atoms with Gasteiger partial charge in [-0.15, -0.1) is 0 Å². The van der Waals surface area contributed by atoms with Gasteiger partial charge in [0.2, 0.25) is 0 Å². The van der Waals surface area contributed by atoms with Gasteiger partial charge in [0.1, 0.15) is 0 Å². The fourth-order valence-corrected chi connectivity index (χ4v) is 0.300. The van der Waals surface area contributed by atoms with Crippen molar-refractivity contribution in [3.63, 3.8) is 0 Å². The number of aliphatic hydroxyl groups is 1. The summed E-state index contributed by atoms with van der Waals surface area (Å²) < 4.78 is 4.46. The van der Waals surface area contributed by atoms with Crippen LogP contribution in [0.5, 0.6) is 0 Å². The summed E-state index contributed by atoms with van der Waals surface area (Å²) in [6, 6.07) is 0. The standard InChI is InChI=1S/C7H12O3/c1-4-10-6(9)7(2,3)5-8/h4,8H,1,5H2,2-3H3. The second-order valence-electron chi connectivity index (χ2n) is 2.61. The second-order valence-corrected chi connectivity index (χ2v) is 2.61. The number of carbonyl (C=O) groups is 1. The van der Waals surface area contributed by atoms with Crippen LogP contribution in [0.1, 0.15) is 13.8 Å². The molecule has 58 valence electrons. The van der Waals surface area contributed by atoms with Crippen LogP contribution in [0.4, 0.5) is 0 Å². The topological polar surface area (TPSA) is 46.5 Å². The zero-order valence-corrected chi connectivity index (χ0v) is 6.26. The first-order valence-electron chi connectivity index (χ1n) is 2.97. The van der Waals surface area contributed by atoms with Gasteiger partial charge in [-0.1, -0.05) is 6.58 Å². The third-order valence-corrected chi connectivity index (χ3v) is 1.14. The van der Waals surface area contributed by atoms with Crippen molar-refractivity contribution in [3.05, 3.63) is 12.8 Å². The number of aliphatic hydroxyl groups excluding tert-OH is 1. The Kier molecular flexibility index (Phi) is 3.09. The molecule has 0 saturated carbocycles. The first-order chi connectivity index (χ1) is 4.54. The zero-order valence-electron chi connectivity index (χ0n) is 6.26. The van der Waals surface area contributed by atoms with Crippen LogP contribution in [-0.2, 0) is 9.53 Å². The van der Waals surface area contributed by atoms with E-state index in [1.807, 2.05) is 0 Å². The normalized spacial score (nSPS) is 10.7. The van der Waals surface area contributed by atoms with Crippen LogP contribution < -0.4 is 0 Å². The molecule has 0 aromatic heterocycles. The molecule has 3 heteroatoms. The van der Waals surface area contributed by atoms with Crippen molar-refractivity contribution >= 4 is 5.97 Å². The summed E-state index contributed by atoms with van der Waals surface area (Å²) in [4.78, 5) is 10.8. The lowest BCUT2D eigenvalue weighted by Crippen LogP contribution is -2.28. The summed E-state index contributed by atoms with van der Waals surface area (Å²) in [5, 5.41) is 8.66. The number of carbonyl (C=O) groups excluding carboxylic acids is 1. The van der Waals surface area contributed by atoms with Crippen LogP contribution in [0.3, 0.4) is 0 Å². The summed E-state index contributed by atoms with van der Waals surface area (Å²) in [5.41, 5.74) is -0.825. The number of hydrogen-bond acceptors (Lipinski definition) is 3. The number of rotatable bonds is 3. The van der Waals surface area contributed by atoms with Crippen molar-refractivity contribution in [2.75, 3.05) is 6.61 Å².